The predicted molar refractivity (Wildman–Crippen MR) is 199 cm³/mol. The van der Waals surface area contributed by atoms with Crippen LogP contribution < -0.4 is 0 Å². The minimum absolute atomic E-state index is 0.0217. The number of ketones is 1. The van der Waals surface area contributed by atoms with E-state index in [-0.39, 0.29) is 34.4 Å². The van der Waals surface area contributed by atoms with Gasteiger partial charge in [-0.25, -0.2) is 9.59 Å². The molecule has 0 aromatic heterocycles. The van der Waals surface area contributed by atoms with Gasteiger partial charge in [-0.15, -0.1) is 0 Å². The lowest BCUT2D eigenvalue weighted by atomic mass is 9.33. The van der Waals surface area contributed by atoms with Crippen LogP contribution in [0.1, 0.15) is 106 Å². The van der Waals surface area contributed by atoms with Gasteiger partial charge < -0.3 is 59.8 Å². The number of hydrogen-bond donors (Lipinski definition) is 8. The first-order valence-electron chi connectivity index (χ1n) is 20.7. The van der Waals surface area contributed by atoms with Crippen molar-refractivity contribution in [2.75, 3.05) is 0 Å². The zero-order valence-corrected chi connectivity index (χ0v) is 34.4. The highest BCUT2D eigenvalue weighted by atomic mass is 16.8. The van der Waals surface area contributed by atoms with Gasteiger partial charge in [-0.05, 0) is 110 Å². The summed E-state index contributed by atoms with van der Waals surface area (Å²) in [4.78, 5) is 51.3. The summed E-state index contributed by atoms with van der Waals surface area (Å²) in [5.74, 6) is -4.47. The van der Waals surface area contributed by atoms with Gasteiger partial charge in [0.25, 0.3) is 0 Å². The van der Waals surface area contributed by atoms with Crippen molar-refractivity contribution in [1.29, 1.82) is 0 Å². The fourth-order valence-electron chi connectivity index (χ4n) is 13.4. The number of fused-ring (bicyclic) bond motifs is 7. The van der Waals surface area contributed by atoms with Crippen molar-refractivity contribution in [2.45, 2.75) is 174 Å². The maximum Gasteiger partial charge on any atom is 0.335 e. The van der Waals surface area contributed by atoms with Gasteiger partial charge in [0, 0.05) is 5.92 Å². The monoisotopic (exact) mass is 822 g/mol. The molecule has 4 saturated carbocycles. The van der Waals surface area contributed by atoms with Gasteiger partial charge in [-0.2, -0.15) is 0 Å². The van der Waals surface area contributed by atoms with E-state index in [0.29, 0.717) is 25.7 Å². The van der Waals surface area contributed by atoms with Crippen LogP contribution in [0.15, 0.2) is 11.6 Å². The van der Waals surface area contributed by atoms with Crippen molar-refractivity contribution >= 4 is 23.7 Å². The minimum Gasteiger partial charge on any atom is -0.481 e. The van der Waals surface area contributed by atoms with Crippen molar-refractivity contribution in [3.8, 4) is 0 Å². The van der Waals surface area contributed by atoms with Crippen molar-refractivity contribution < 1.29 is 79.0 Å². The first-order chi connectivity index (χ1) is 26.8. The van der Waals surface area contributed by atoms with Crippen LogP contribution in [0, 0.1) is 50.2 Å². The number of rotatable bonds is 7. The molecule has 0 aromatic carbocycles. The number of carbonyl (C=O) groups excluding carboxylic acids is 1. The SMILES string of the molecule is CC1(C)[C@@H](OC2OC(C(=O)O)C(O)C(O)C2OC2OC(C(=O)O)C(O)C(O)C2O)CC[C@@]2(C)[C@@H]1CC[C@]1(C)[C@H]2C(=O)C=C2[C@@H]3C[C@@](C)(C(=O)O)CC[C@]3(C)CC[C@]21C. The lowest BCUT2D eigenvalue weighted by molar-refractivity contribution is -0.371. The Morgan fingerprint density at radius 1 is 0.690 bits per heavy atom. The van der Waals surface area contributed by atoms with E-state index in [2.05, 4.69) is 27.7 Å². The second kappa shape index (κ2) is 14.3. The number of hydrogen-bond acceptors (Lipinski definition) is 13. The summed E-state index contributed by atoms with van der Waals surface area (Å²) in [6.45, 7) is 14.8. The quantitative estimate of drug-likeness (QED) is 0.171. The second-order valence-electron chi connectivity index (χ2n) is 20.6. The molecule has 16 nitrogen and oxygen atoms in total. The molecule has 58 heavy (non-hydrogen) atoms. The number of carboxylic acid groups (broad SMARTS) is 3. The number of ether oxygens (including phenoxy) is 4. The highest BCUT2D eigenvalue weighted by molar-refractivity contribution is 5.95. The Morgan fingerprint density at radius 2 is 1.28 bits per heavy atom. The first kappa shape index (κ1) is 43.5. The van der Waals surface area contributed by atoms with Crippen LogP contribution in [0.25, 0.3) is 0 Å². The summed E-state index contributed by atoms with van der Waals surface area (Å²) in [5.41, 5.74) is -1.81. The molecule has 16 heteroatoms. The third-order valence-corrected chi connectivity index (χ3v) is 17.2. The van der Waals surface area contributed by atoms with Gasteiger partial charge in [0.1, 0.15) is 36.6 Å². The molecule has 7 rings (SSSR count). The Balaban J connectivity index is 1.17. The fourth-order valence-corrected chi connectivity index (χ4v) is 13.4. The summed E-state index contributed by atoms with van der Waals surface area (Å²) in [5, 5.41) is 83.0. The third kappa shape index (κ3) is 6.25. The van der Waals surface area contributed by atoms with E-state index >= 15 is 0 Å². The van der Waals surface area contributed by atoms with Crippen molar-refractivity contribution in [2.24, 2.45) is 50.2 Å². The van der Waals surface area contributed by atoms with Crippen LogP contribution in [0.2, 0.25) is 0 Å². The Kier molecular flexibility index (Phi) is 10.7. The Labute approximate surface area is 337 Å². The van der Waals surface area contributed by atoms with Crippen LogP contribution in [0.3, 0.4) is 0 Å². The molecule has 326 valence electrons. The van der Waals surface area contributed by atoms with Gasteiger partial charge in [0.2, 0.25) is 0 Å². The summed E-state index contributed by atoms with van der Waals surface area (Å²) in [7, 11) is 0. The Morgan fingerprint density at radius 3 is 1.88 bits per heavy atom. The molecule has 10 unspecified atom stereocenters. The maximum atomic E-state index is 14.8. The average Bonchev–Trinajstić information content (AvgIpc) is 3.13. The maximum absolute atomic E-state index is 14.8. The Bertz CT molecular complexity index is 1730. The molecule has 19 atom stereocenters. The summed E-state index contributed by atoms with van der Waals surface area (Å²) in [6.07, 6.45) is -12.2. The predicted octanol–water partition coefficient (Wildman–Crippen LogP) is 2.25. The molecule has 5 aliphatic carbocycles. The van der Waals surface area contributed by atoms with Crippen LogP contribution in [0.4, 0.5) is 0 Å². The smallest absolute Gasteiger partial charge is 0.335 e. The van der Waals surface area contributed by atoms with Crippen molar-refractivity contribution in [3.63, 3.8) is 0 Å². The molecule has 7 aliphatic rings. The van der Waals surface area contributed by atoms with Gasteiger partial charge in [0.15, 0.2) is 30.6 Å². The van der Waals surface area contributed by atoms with E-state index in [1.807, 2.05) is 26.8 Å². The third-order valence-electron chi connectivity index (χ3n) is 17.2. The molecule has 0 bridgehead atoms. The number of aliphatic hydroxyl groups is 5. The van der Waals surface area contributed by atoms with Gasteiger partial charge in [-0.1, -0.05) is 47.1 Å². The molecule has 0 amide bonds. The highest BCUT2D eigenvalue weighted by Gasteiger charge is 2.71. The molecule has 0 spiro atoms. The number of carboxylic acids is 3. The van der Waals surface area contributed by atoms with Gasteiger partial charge in [0.05, 0.1) is 11.5 Å². The molecule has 6 fully saturated rings. The lowest BCUT2D eigenvalue weighted by Gasteiger charge is -2.70. The zero-order valence-electron chi connectivity index (χ0n) is 34.4. The van der Waals surface area contributed by atoms with E-state index in [4.69, 9.17) is 18.9 Å². The number of allylic oxidation sites excluding steroid dienone is 2. The van der Waals surface area contributed by atoms with Crippen molar-refractivity contribution in [1.82, 2.24) is 0 Å². The molecule has 0 radical (unpaired) electrons. The van der Waals surface area contributed by atoms with Crippen LogP contribution >= 0.6 is 0 Å². The van der Waals surface area contributed by atoms with E-state index in [1.165, 1.54) is 0 Å². The lowest BCUT2D eigenvalue weighted by Crippen LogP contribution is -2.68. The molecule has 0 aromatic rings. The summed E-state index contributed by atoms with van der Waals surface area (Å²) in [6, 6.07) is 0. The normalized spacial score (nSPS) is 52.6. The largest absolute Gasteiger partial charge is 0.481 e. The van der Waals surface area contributed by atoms with E-state index in [0.717, 1.165) is 37.7 Å². The molecular formula is C42H62O16. The zero-order chi connectivity index (χ0) is 42.9. The van der Waals surface area contributed by atoms with E-state index in [9.17, 15) is 60.0 Å². The molecule has 2 aliphatic heterocycles. The van der Waals surface area contributed by atoms with Crippen LogP contribution in [-0.2, 0) is 38.1 Å². The van der Waals surface area contributed by atoms with Gasteiger partial charge >= 0.3 is 17.9 Å². The first-order valence-corrected chi connectivity index (χ1v) is 20.7. The molecule has 8 N–H and O–H groups in total. The fraction of sp³-hybridized carbons (Fsp3) is 0.857. The Hall–Kier alpha value is -2.54. The van der Waals surface area contributed by atoms with Crippen molar-refractivity contribution in [3.05, 3.63) is 11.6 Å². The standard InChI is InChI=1S/C42H62O16/c1-37(2)21-8-11-42(7)31(20(43)16-18-19-17-39(4,36(53)54)13-12-38(19,3)14-15-41(18,42)6)40(21,5)10-9-22(37)55-35-30(26(47)25(46)29(57-35)33(51)52)58-34-27(48)23(44)24(45)28(56-34)32(49)50/h16,19,21-31,34-35,44-48H,8-15,17H2,1-7H3,(H,49,50)(H,51,52)(H,53,54)/t19-,21+,22-,23?,24?,25?,26?,27?,28?,29?,30?,31-,34?,35?,38+,39-,40-,41+,42+/m0/s1. The van der Waals surface area contributed by atoms with Crippen LogP contribution in [0.5, 0.6) is 0 Å². The average molecular weight is 823 g/mol. The highest BCUT2D eigenvalue weighted by Crippen LogP contribution is 2.75. The molecular weight excluding hydrogens is 760 g/mol. The van der Waals surface area contributed by atoms with E-state index in [1.54, 1.807) is 0 Å². The minimum atomic E-state index is -2.05. The number of carbonyl (C=O) groups is 4. The molecule has 2 heterocycles. The summed E-state index contributed by atoms with van der Waals surface area (Å²) < 4.78 is 23.4. The van der Waals surface area contributed by atoms with Crippen LogP contribution in [-0.4, -0.2) is 132 Å². The van der Waals surface area contributed by atoms with Gasteiger partial charge in [-0.3, -0.25) is 9.59 Å². The molecule has 2 saturated heterocycles. The number of aliphatic carboxylic acids is 3. The summed E-state index contributed by atoms with van der Waals surface area (Å²) >= 11 is 0. The second-order valence-corrected chi connectivity index (χ2v) is 20.6. The topological polar surface area (TPSA) is 267 Å². The van der Waals surface area contributed by atoms with E-state index < -0.39 is 107 Å². The number of aliphatic hydroxyl groups excluding tert-OH is 5.